The molecule has 0 fully saturated rings. The number of hydrogen-bond donors (Lipinski definition) is 2. The van der Waals surface area contributed by atoms with Crippen LogP contribution < -0.4 is 0 Å². The Bertz CT molecular complexity index is 2360. The van der Waals surface area contributed by atoms with Gasteiger partial charge >= 0.3 is 0 Å². The molecule has 2 aromatic carbocycles. The van der Waals surface area contributed by atoms with Gasteiger partial charge in [-0.25, -0.2) is 9.97 Å². The molecule has 2 aliphatic heterocycles. The Hall–Kier alpha value is -4.96. The maximum Gasteiger partial charge on any atom is 0.0772 e. The molecular formula is C48H54N4. The molecule has 266 valence electrons. The van der Waals surface area contributed by atoms with Crippen molar-refractivity contribution in [1.82, 2.24) is 19.9 Å². The van der Waals surface area contributed by atoms with Crippen molar-refractivity contribution in [3.8, 4) is 22.3 Å². The molecule has 0 spiro atoms. The highest BCUT2D eigenvalue weighted by molar-refractivity contribution is 6.06. The Morgan fingerprint density at radius 1 is 0.404 bits per heavy atom. The minimum Gasteiger partial charge on any atom is -0.355 e. The second kappa shape index (κ2) is 14.9. The van der Waals surface area contributed by atoms with E-state index in [1.165, 1.54) is 77.7 Å². The van der Waals surface area contributed by atoms with E-state index in [2.05, 4.69) is 138 Å². The molecule has 0 radical (unpaired) electrons. The summed E-state index contributed by atoms with van der Waals surface area (Å²) in [6, 6.07) is 26.6. The maximum atomic E-state index is 5.83. The normalized spacial score (nSPS) is 13.1. The van der Waals surface area contributed by atoms with E-state index in [4.69, 9.17) is 9.97 Å². The van der Waals surface area contributed by atoms with Crippen molar-refractivity contribution in [3.05, 3.63) is 118 Å². The third-order valence-corrected chi connectivity index (χ3v) is 11.4. The second-order valence-corrected chi connectivity index (χ2v) is 13.9. The zero-order chi connectivity index (χ0) is 36.5. The quantitative estimate of drug-likeness (QED) is 0.154. The Balaban J connectivity index is 1.85. The molecule has 0 amide bonds. The van der Waals surface area contributed by atoms with E-state index in [0.29, 0.717) is 0 Å². The van der Waals surface area contributed by atoms with Crippen LogP contribution in [0.3, 0.4) is 0 Å². The van der Waals surface area contributed by atoms with E-state index in [0.717, 1.165) is 85.3 Å². The molecule has 8 bridgehead atoms. The summed E-state index contributed by atoms with van der Waals surface area (Å²) in [5.74, 6) is 0. The van der Waals surface area contributed by atoms with Gasteiger partial charge in [-0.3, -0.25) is 0 Å². The summed E-state index contributed by atoms with van der Waals surface area (Å²) in [7, 11) is 0. The van der Waals surface area contributed by atoms with Gasteiger partial charge in [0.1, 0.15) is 0 Å². The highest BCUT2D eigenvalue weighted by Crippen LogP contribution is 2.47. The van der Waals surface area contributed by atoms with E-state index in [1.54, 1.807) is 0 Å². The van der Waals surface area contributed by atoms with Crippen LogP contribution >= 0.6 is 0 Å². The minimum atomic E-state index is 0.890. The number of hydrogen-bond acceptors (Lipinski definition) is 2. The van der Waals surface area contributed by atoms with Gasteiger partial charge in [0.2, 0.25) is 0 Å². The average Bonchev–Trinajstić information content (AvgIpc) is 3.92. The fraction of sp³-hybridized carbons (Fsp3) is 0.333. The van der Waals surface area contributed by atoms with Crippen LogP contribution in [0.1, 0.15) is 126 Å². The Morgan fingerprint density at radius 2 is 0.827 bits per heavy atom. The molecule has 52 heavy (non-hydrogen) atoms. The van der Waals surface area contributed by atoms with E-state index in [9.17, 15) is 0 Å². The smallest absolute Gasteiger partial charge is 0.0772 e. The molecule has 3 aromatic heterocycles. The van der Waals surface area contributed by atoms with Gasteiger partial charge in [-0.2, -0.15) is 0 Å². The van der Waals surface area contributed by atoms with Crippen LogP contribution in [0.25, 0.3) is 66.6 Å². The average molecular weight is 687 g/mol. The van der Waals surface area contributed by atoms with Crippen LogP contribution in [-0.4, -0.2) is 19.9 Å². The third-order valence-electron chi connectivity index (χ3n) is 11.4. The molecule has 0 aliphatic carbocycles. The molecule has 0 saturated carbocycles. The summed E-state index contributed by atoms with van der Waals surface area (Å²) in [6.07, 6.45) is 7.40. The van der Waals surface area contributed by atoms with Gasteiger partial charge in [0.15, 0.2) is 0 Å². The highest BCUT2D eigenvalue weighted by Gasteiger charge is 2.30. The van der Waals surface area contributed by atoms with Gasteiger partial charge in [-0.05, 0) is 119 Å². The molecular weight excluding hydrogens is 633 g/mol. The summed E-state index contributed by atoms with van der Waals surface area (Å²) in [6.45, 7) is 18.3. The first-order valence-electron chi connectivity index (χ1n) is 19.9. The Kier molecular flexibility index (Phi) is 10.2. The van der Waals surface area contributed by atoms with Crippen LogP contribution in [-0.2, 0) is 25.7 Å². The number of nitrogens with zero attached hydrogens (tertiary/aromatic N) is 2. The lowest BCUT2D eigenvalue weighted by Gasteiger charge is -2.12. The summed E-state index contributed by atoms with van der Waals surface area (Å²) < 4.78 is 0. The molecule has 0 unspecified atom stereocenters. The molecule has 4 heteroatoms. The summed E-state index contributed by atoms with van der Waals surface area (Å²) in [5, 5.41) is 0. The first-order chi connectivity index (χ1) is 25.5. The molecule has 5 aromatic rings. The van der Waals surface area contributed by atoms with E-state index < -0.39 is 0 Å². The monoisotopic (exact) mass is 686 g/mol. The van der Waals surface area contributed by atoms with Crippen molar-refractivity contribution in [3.63, 3.8) is 0 Å². The molecule has 7 rings (SSSR count). The number of aromatic nitrogens is 4. The summed E-state index contributed by atoms with van der Waals surface area (Å²) in [4.78, 5) is 19.5. The fourth-order valence-electron chi connectivity index (χ4n) is 9.04. The second-order valence-electron chi connectivity index (χ2n) is 13.9. The van der Waals surface area contributed by atoms with Gasteiger partial charge in [0.05, 0.1) is 28.3 Å². The molecule has 5 heterocycles. The lowest BCUT2D eigenvalue weighted by Crippen LogP contribution is -1.95. The van der Waals surface area contributed by atoms with E-state index in [1.807, 2.05) is 0 Å². The zero-order valence-electron chi connectivity index (χ0n) is 32.5. The van der Waals surface area contributed by atoms with Gasteiger partial charge in [-0.1, -0.05) is 116 Å². The predicted octanol–water partition coefficient (Wildman–Crippen LogP) is 13.4. The third kappa shape index (κ3) is 5.77. The number of H-pyrrole nitrogens is 2. The number of fused-ring (bicyclic) bond motifs is 8. The molecule has 0 atom stereocenters. The van der Waals surface area contributed by atoms with Crippen LogP contribution in [0.5, 0.6) is 0 Å². The van der Waals surface area contributed by atoms with Gasteiger partial charge in [0.25, 0.3) is 0 Å². The lowest BCUT2D eigenvalue weighted by atomic mass is 9.89. The maximum absolute atomic E-state index is 5.83. The van der Waals surface area contributed by atoms with Crippen molar-refractivity contribution in [2.24, 2.45) is 0 Å². The van der Waals surface area contributed by atoms with E-state index >= 15 is 0 Å². The number of allylic oxidation sites excluding steroid dienone is 4. The van der Waals surface area contributed by atoms with Crippen molar-refractivity contribution < 1.29 is 0 Å². The van der Waals surface area contributed by atoms with Crippen molar-refractivity contribution >= 4 is 44.4 Å². The zero-order valence-corrected chi connectivity index (χ0v) is 32.5. The largest absolute Gasteiger partial charge is 0.355 e. The lowest BCUT2D eigenvalue weighted by molar-refractivity contribution is 1.07. The fourth-order valence-corrected chi connectivity index (χ4v) is 9.04. The van der Waals surface area contributed by atoms with Crippen LogP contribution in [0.2, 0.25) is 0 Å². The van der Waals surface area contributed by atoms with Crippen LogP contribution in [0.4, 0.5) is 0 Å². The number of aromatic amines is 2. The molecule has 0 saturated heterocycles. The Morgan fingerprint density at radius 3 is 1.35 bits per heavy atom. The summed E-state index contributed by atoms with van der Waals surface area (Å²) >= 11 is 0. The van der Waals surface area contributed by atoms with Crippen LogP contribution in [0, 0.1) is 0 Å². The number of benzene rings is 2. The Labute approximate surface area is 310 Å². The molecule has 2 aliphatic rings. The highest BCUT2D eigenvalue weighted by atomic mass is 14.8. The first-order valence-corrected chi connectivity index (χ1v) is 19.9. The van der Waals surface area contributed by atoms with Gasteiger partial charge in [0, 0.05) is 27.7 Å². The minimum absolute atomic E-state index is 0.890. The molecule has 4 nitrogen and oxygen atoms in total. The van der Waals surface area contributed by atoms with Crippen molar-refractivity contribution in [1.29, 1.82) is 0 Å². The number of aryl methyl sites for hydroxylation is 4. The van der Waals surface area contributed by atoms with Gasteiger partial charge in [-0.15, -0.1) is 0 Å². The molecule has 2 N–H and O–H groups in total. The number of rotatable bonds is 10. The summed E-state index contributed by atoms with van der Waals surface area (Å²) in [5.41, 5.74) is 24.6. The SMILES string of the molecule is CCC1=C(CC)c2nc1cc1[nH]c(cc3[nH]c(c(CC)c3CC)c(-c3ccccc3)c3nc(c2-c2ccccc2)C(CC)=C3CC)c(CC)c1CC. The van der Waals surface area contributed by atoms with Gasteiger partial charge < -0.3 is 9.97 Å². The van der Waals surface area contributed by atoms with Crippen molar-refractivity contribution in [2.75, 3.05) is 0 Å². The van der Waals surface area contributed by atoms with E-state index in [-0.39, 0.29) is 0 Å². The topological polar surface area (TPSA) is 57.4 Å². The standard InChI is InChI=1S/C48H54N4/c1-9-31-32(10-2)40-28-42-34(12-4)36(14-6)46(51-42)44(30-25-21-18-22-26-30)48-38(16-8)37(15-7)47(52-48)43(29-23-19-17-20-24-29)45-35(13-5)33(11-3)41(50-45)27-39(31)49-40/h17-28,49-50H,9-16H2,1-8H3. The van der Waals surface area contributed by atoms with Crippen molar-refractivity contribution in [2.45, 2.75) is 107 Å². The predicted molar refractivity (Wildman–Crippen MR) is 224 cm³/mol. The first kappa shape index (κ1) is 35.4. The van der Waals surface area contributed by atoms with Crippen LogP contribution in [0.15, 0.2) is 72.8 Å². The number of nitrogens with one attached hydrogen (secondary N) is 2.